The Morgan fingerprint density at radius 1 is 1.08 bits per heavy atom. The first-order valence-corrected chi connectivity index (χ1v) is 8.38. The Morgan fingerprint density at radius 3 is 2.58 bits per heavy atom. The number of nitrogens with zero attached hydrogens (tertiary/aromatic N) is 2. The molecule has 2 atom stereocenters. The third kappa shape index (κ3) is 2.13. The number of hydrogen-bond donors (Lipinski definition) is 1. The maximum absolute atomic E-state index is 12.6. The van der Waals surface area contributed by atoms with Gasteiger partial charge in [-0.05, 0) is 36.5 Å². The molecule has 24 heavy (non-hydrogen) atoms. The SMILES string of the molecule is CN1C(=O)c2ccccc2C1C1CCCc2ccccc2/C1=N\O. The molecule has 2 aromatic carbocycles. The van der Waals surface area contributed by atoms with Gasteiger partial charge in [-0.25, -0.2) is 0 Å². The van der Waals surface area contributed by atoms with Crippen molar-refractivity contribution in [2.75, 3.05) is 7.05 Å². The van der Waals surface area contributed by atoms with E-state index in [9.17, 15) is 10.0 Å². The highest BCUT2D eigenvalue weighted by atomic mass is 16.4. The monoisotopic (exact) mass is 320 g/mol. The molecule has 1 aliphatic heterocycles. The van der Waals surface area contributed by atoms with E-state index in [4.69, 9.17) is 0 Å². The average molecular weight is 320 g/mol. The molecule has 0 fully saturated rings. The van der Waals surface area contributed by atoms with Gasteiger partial charge in [-0.15, -0.1) is 0 Å². The van der Waals surface area contributed by atoms with E-state index in [1.807, 2.05) is 49.5 Å². The lowest BCUT2D eigenvalue weighted by atomic mass is 9.84. The largest absolute Gasteiger partial charge is 0.411 e. The van der Waals surface area contributed by atoms with Crippen molar-refractivity contribution in [2.24, 2.45) is 11.1 Å². The van der Waals surface area contributed by atoms with E-state index >= 15 is 0 Å². The lowest BCUT2D eigenvalue weighted by Gasteiger charge is -2.29. The van der Waals surface area contributed by atoms with Gasteiger partial charge in [0.1, 0.15) is 0 Å². The molecule has 1 amide bonds. The Morgan fingerprint density at radius 2 is 1.79 bits per heavy atom. The summed E-state index contributed by atoms with van der Waals surface area (Å²) in [5, 5.41) is 13.5. The predicted octanol–water partition coefficient (Wildman–Crippen LogP) is 3.64. The highest BCUT2D eigenvalue weighted by Gasteiger charge is 2.42. The van der Waals surface area contributed by atoms with Crippen molar-refractivity contribution in [3.63, 3.8) is 0 Å². The maximum Gasteiger partial charge on any atom is 0.254 e. The number of rotatable bonds is 1. The van der Waals surface area contributed by atoms with Gasteiger partial charge in [0.25, 0.3) is 5.91 Å². The third-order valence-corrected chi connectivity index (χ3v) is 5.34. The predicted molar refractivity (Wildman–Crippen MR) is 92.5 cm³/mol. The number of hydrogen-bond acceptors (Lipinski definition) is 3. The first-order chi connectivity index (χ1) is 11.7. The second-order valence-corrected chi connectivity index (χ2v) is 6.59. The minimum Gasteiger partial charge on any atom is -0.411 e. The standard InChI is InChI=1S/C20H20N2O2/c1-22-19(15-10-4-5-11-16(15)20(22)23)17-12-6-8-13-7-2-3-9-14(13)18(17)21-24/h2-5,7,9-11,17,19,24H,6,8,12H2,1H3/b21-18+. The van der Waals surface area contributed by atoms with Crippen LogP contribution in [0.15, 0.2) is 53.7 Å². The van der Waals surface area contributed by atoms with Crippen LogP contribution < -0.4 is 0 Å². The molecular weight excluding hydrogens is 300 g/mol. The minimum atomic E-state index is -0.0780. The summed E-state index contributed by atoms with van der Waals surface area (Å²) in [6.07, 6.45) is 2.88. The number of carbonyl (C=O) groups is 1. The van der Waals surface area contributed by atoms with Gasteiger partial charge in [0.05, 0.1) is 11.8 Å². The molecule has 122 valence electrons. The highest BCUT2D eigenvalue weighted by molar-refractivity contribution is 6.06. The molecule has 0 aromatic heterocycles. The smallest absolute Gasteiger partial charge is 0.254 e. The summed E-state index contributed by atoms with van der Waals surface area (Å²) in [4.78, 5) is 14.4. The number of carbonyl (C=O) groups excluding carboxylic acids is 1. The van der Waals surface area contributed by atoms with Crippen molar-refractivity contribution in [3.05, 3.63) is 70.8 Å². The van der Waals surface area contributed by atoms with E-state index in [0.717, 1.165) is 36.0 Å². The van der Waals surface area contributed by atoms with E-state index in [1.165, 1.54) is 5.56 Å². The zero-order valence-corrected chi connectivity index (χ0v) is 13.6. The van der Waals surface area contributed by atoms with Crippen LogP contribution in [-0.4, -0.2) is 28.8 Å². The second kappa shape index (κ2) is 5.78. The Kier molecular flexibility index (Phi) is 3.60. The fraction of sp³-hybridized carbons (Fsp3) is 0.300. The fourth-order valence-electron chi connectivity index (χ4n) is 4.23. The summed E-state index contributed by atoms with van der Waals surface area (Å²) in [7, 11) is 1.85. The van der Waals surface area contributed by atoms with Crippen LogP contribution in [0.25, 0.3) is 0 Å². The Bertz CT molecular complexity index is 828. The van der Waals surface area contributed by atoms with Crippen molar-refractivity contribution in [1.82, 2.24) is 4.90 Å². The summed E-state index contributed by atoms with van der Waals surface area (Å²) >= 11 is 0. The number of aryl methyl sites for hydroxylation is 1. The molecule has 2 aliphatic rings. The zero-order valence-electron chi connectivity index (χ0n) is 13.6. The van der Waals surface area contributed by atoms with Gasteiger partial charge in [0.2, 0.25) is 0 Å². The van der Waals surface area contributed by atoms with Gasteiger partial charge in [-0.1, -0.05) is 47.6 Å². The van der Waals surface area contributed by atoms with Gasteiger partial charge in [0, 0.05) is 24.1 Å². The van der Waals surface area contributed by atoms with Crippen LogP contribution in [0.3, 0.4) is 0 Å². The molecule has 0 saturated carbocycles. The first-order valence-electron chi connectivity index (χ1n) is 8.38. The molecule has 1 N–H and O–H groups in total. The number of oxime groups is 1. The zero-order chi connectivity index (χ0) is 16.7. The Labute approximate surface area is 141 Å². The summed E-state index contributed by atoms with van der Waals surface area (Å²) in [6, 6.07) is 15.8. The van der Waals surface area contributed by atoms with Crippen LogP contribution in [0.1, 0.15) is 45.9 Å². The summed E-state index contributed by atoms with van der Waals surface area (Å²) in [5.41, 5.74) is 4.72. The number of fused-ring (bicyclic) bond motifs is 2. The molecular formula is C20H20N2O2. The van der Waals surface area contributed by atoms with Gasteiger partial charge < -0.3 is 10.1 Å². The van der Waals surface area contributed by atoms with Crippen LogP contribution >= 0.6 is 0 Å². The molecule has 0 spiro atoms. The van der Waals surface area contributed by atoms with Crippen LogP contribution in [0, 0.1) is 5.92 Å². The summed E-state index contributed by atoms with van der Waals surface area (Å²) < 4.78 is 0. The second-order valence-electron chi connectivity index (χ2n) is 6.59. The molecule has 0 saturated heterocycles. The molecule has 2 aromatic rings. The van der Waals surface area contributed by atoms with E-state index in [0.29, 0.717) is 5.71 Å². The molecule has 4 nitrogen and oxygen atoms in total. The fourth-order valence-corrected chi connectivity index (χ4v) is 4.23. The van der Waals surface area contributed by atoms with Gasteiger partial charge in [-0.2, -0.15) is 0 Å². The molecule has 4 heteroatoms. The van der Waals surface area contributed by atoms with Crippen molar-refractivity contribution in [3.8, 4) is 0 Å². The topological polar surface area (TPSA) is 52.9 Å². The van der Waals surface area contributed by atoms with Crippen LogP contribution in [0.4, 0.5) is 0 Å². The highest BCUT2D eigenvalue weighted by Crippen LogP contribution is 2.42. The molecule has 0 bridgehead atoms. The van der Waals surface area contributed by atoms with Gasteiger partial charge in [0.15, 0.2) is 0 Å². The Balaban J connectivity index is 1.83. The van der Waals surface area contributed by atoms with Crippen molar-refractivity contribution in [1.29, 1.82) is 0 Å². The van der Waals surface area contributed by atoms with Crippen LogP contribution in [0.2, 0.25) is 0 Å². The quantitative estimate of drug-likeness (QED) is 0.495. The Hall–Kier alpha value is -2.62. The maximum atomic E-state index is 12.6. The van der Waals surface area contributed by atoms with E-state index < -0.39 is 0 Å². The normalized spacial score (nSPS) is 24.6. The molecule has 1 aliphatic carbocycles. The van der Waals surface area contributed by atoms with Crippen LogP contribution in [0.5, 0.6) is 0 Å². The van der Waals surface area contributed by atoms with E-state index in [1.54, 1.807) is 4.90 Å². The van der Waals surface area contributed by atoms with Crippen molar-refractivity contribution >= 4 is 11.6 Å². The number of amides is 1. The average Bonchev–Trinajstić information content (AvgIpc) is 2.77. The molecule has 2 unspecified atom stereocenters. The van der Waals surface area contributed by atoms with Gasteiger partial charge in [-0.3, -0.25) is 4.79 Å². The van der Waals surface area contributed by atoms with Crippen molar-refractivity contribution < 1.29 is 10.0 Å². The third-order valence-electron chi connectivity index (χ3n) is 5.34. The summed E-state index contributed by atoms with van der Waals surface area (Å²) in [5.74, 6) is 0.0432. The lowest BCUT2D eigenvalue weighted by Crippen LogP contribution is -2.33. The van der Waals surface area contributed by atoms with Gasteiger partial charge >= 0.3 is 0 Å². The lowest BCUT2D eigenvalue weighted by molar-refractivity contribution is 0.0747. The minimum absolute atomic E-state index is 0.00347. The number of benzene rings is 2. The van der Waals surface area contributed by atoms with Crippen molar-refractivity contribution in [2.45, 2.75) is 25.3 Å². The summed E-state index contributed by atoms with van der Waals surface area (Å²) in [6.45, 7) is 0. The molecule has 1 heterocycles. The van der Waals surface area contributed by atoms with E-state index in [2.05, 4.69) is 11.2 Å². The van der Waals surface area contributed by atoms with E-state index in [-0.39, 0.29) is 17.9 Å². The first kappa shape index (κ1) is 14.9. The molecule has 0 radical (unpaired) electrons. The molecule has 4 rings (SSSR count). The van der Waals surface area contributed by atoms with Crippen LogP contribution in [-0.2, 0) is 6.42 Å².